The van der Waals surface area contributed by atoms with E-state index in [4.69, 9.17) is 0 Å². The van der Waals surface area contributed by atoms with Gasteiger partial charge >= 0.3 is 0 Å². The molecule has 1 aromatic heterocycles. The highest BCUT2D eigenvalue weighted by Gasteiger charge is 2.26. The molecule has 3 aromatic rings. The first kappa shape index (κ1) is 17.8. The number of carbonyl (C=O) groups is 1. The zero-order valence-corrected chi connectivity index (χ0v) is 16.3. The first-order chi connectivity index (χ1) is 12.9. The van der Waals surface area contributed by atoms with Crippen LogP contribution in [0.1, 0.15) is 15.9 Å². The Morgan fingerprint density at radius 3 is 2.67 bits per heavy atom. The molecule has 27 heavy (non-hydrogen) atoms. The van der Waals surface area contributed by atoms with Crippen molar-refractivity contribution in [1.29, 1.82) is 0 Å². The summed E-state index contributed by atoms with van der Waals surface area (Å²) in [5.41, 5.74) is 3.78. The maximum Gasteiger partial charge on any atom is 0.255 e. The maximum absolute atomic E-state index is 12.8. The fourth-order valence-electron chi connectivity index (χ4n) is 3.29. The van der Waals surface area contributed by atoms with E-state index in [2.05, 4.69) is 5.32 Å². The lowest BCUT2D eigenvalue weighted by Gasteiger charge is -2.16. The Morgan fingerprint density at radius 2 is 1.93 bits per heavy atom. The molecule has 0 radical (unpaired) electrons. The van der Waals surface area contributed by atoms with Crippen LogP contribution in [0.25, 0.3) is 10.4 Å². The molecule has 0 bridgehead atoms. The minimum Gasteiger partial charge on any atom is -0.321 e. The molecule has 1 aliphatic rings. The third kappa shape index (κ3) is 3.48. The van der Waals surface area contributed by atoms with E-state index < -0.39 is 10.0 Å². The largest absolute Gasteiger partial charge is 0.321 e. The minimum atomic E-state index is -3.29. The van der Waals surface area contributed by atoms with Crippen molar-refractivity contribution in [3.63, 3.8) is 0 Å². The number of amides is 1. The highest BCUT2D eigenvalue weighted by Crippen LogP contribution is 2.33. The lowest BCUT2D eigenvalue weighted by atomic mass is 10.1. The van der Waals surface area contributed by atoms with Crippen molar-refractivity contribution in [2.24, 2.45) is 0 Å². The number of anilines is 2. The lowest BCUT2D eigenvalue weighted by Crippen LogP contribution is -2.27. The van der Waals surface area contributed by atoms with Crippen molar-refractivity contribution in [2.45, 2.75) is 6.42 Å². The van der Waals surface area contributed by atoms with Gasteiger partial charge in [-0.05, 0) is 47.7 Å². The maximum atomic E-state index is 12.8. The van der Waals surface area contributed by atoms with Gasteiger partial charge in [0, 0.05) is 28.2 Å². The number of carbonyl (C=O) groups excluding carboxylic acids is 1. The average molecular weight is 399 g/mol. The highest BCUT2D eigenvalue weighted by atomic mass is 32.2. The summed E-state index contributed by atoms with van der Waals surface area (Å²) in [6, 6.07) is 16.9. The topological polar surface area (TPSA) is 66.5 Å². The Kier molecular flexibility index (Phi) is 4.49. The number of benzene rings is 2. The zero-order chi connectivity index (χ0) is 19.0. The Labute approximate surface area is 162 Å². The van der Waals surface area contributed by atoms with Crippen molar-refractivity contribution < 1.29 is 13.2 Å². The normalized spacial score (nSPS) is 13.4. The fourth-order valence-corrected chi connectivity index (χ4v) is 5.01. The Balaban J connectivity index is 1.61. The van der Waals surface area contributed by atoms with Gasteiger partial charge in [-0.1, -0.05) is 24.3 Å². The Hall–Kier alpha value is -2.64. The van der Waals surface area contributed by atoms with Gasteiger partial charge in [0.15, 0.2) is 0 Å². The van der Waals surface area contributed by atoms with Gasteiger partial charge in [-0.15, -0.1) is 11.3 Å². The van der Waals surface area contributed by atoms with Crippen LogP contribution in [0.2, 0.25) is 0 Å². The number of rotatable bonds is 4. The summed E-state index contributed by atoms with van der Waals surface area (Å²) in [6.45, 7) is 0.417. The van der Waals surface area contributed by atoms with Crippen LogP contribution in [0.5, 0.6) is 0 Å². The summed E-state index contributed by atoms with van der Waals surface area (Å²) >= 11 is 1.62. The molecular formula is C20H18N2O3S2. The van der Waals surface area contributed by atoms with Crippen LogP contribution in [0, 0.1) is 0 Å². The van der Waals surface area contributed by atoms with Crippen LogP contribution in [-0.4, -0.2) is 27.1 Å². The third-order valence-electron chi connectivity index (χ3n) is 4.56. The molecule has 0 fully saturated rings. The van der Waals surface area contributed by atoms with Crippen LogP contribution in [0.15, 0.2) is 60.0 Å². The summed E-state index contributed by atoms with van der Waals surface area (Å²) < 4.78 is 25.1. The average Bonchev–Trinajstić information content (AvgIpc) is 3.31. The molecule has 2 heterocycles. The molecule has 1 aliphatic heterocycles. The van der Waals surface area contributed by atoms with Gasteiger partial charge in [-0.3, -0.25) is 9.10 Å². The molecule has 0 saturated heterocycles. The van der Waals surface area contributed by atoms with E-state index >= 15 is 0 Å². The van der Waals surface area contributed by atoms with E-state index in [1.54, 1.807) is 29.5 Å². The summed E-state index contributed by atoms with van der Waals surface area (Å²) in [6.07, 6.45) is 1.81. The number of hydrogen-bond acceptors (Lipinski definition) is 4. The van der Waals surface area contributed by atoms with Crippen LogP contribution in [0.3, 0.4) is 0 Å². The van der Waals surface area contributed by atoms with Crippen molar-refractivity contribution in [3.05, 3.63) is 71.1 Å². The third-order valence-corrected chi connectivity index (χ3v) is 6.64. The van der Waals surface area contributed by atoms with E-state index in [9.17, 15) is 13.2 Å². The molecule has 5 nitrogen and oxygen atoms in total. The van der Waals surface area contributed by atoms with Gasteiger partial charge < -0.3 is 5.32 Å². The highest BCUT2D eigenvalue weighted by molar-refractivity contribution is 7.92. The van der Waals surface area contributed by atoms with Crippen LogP contribution in [-0.2, 0) is 16.4 Å². The standard InChI is InChI=1S/C20H18N2O3S2/c1-27(24,25)22-11-10-14-13-15(8-9-18(14)22)20(23)21-17-6-3-2-5-16(17)19-7-4-12-26-19/h2-9,12-13H,10-11H2,1H3,(H,21,23). The second kappa shape index (κ2) is 6.83. The van der Waals surface area contributed by atoms with Crippen molar-refractivity contribution in [3.8, 4) is 10.4 Å². The second-order valence-electron chi connectivity index (χ2n) is 6.41. The van der Waals surface area contributed by atoms with E-state index in [1.165, 1.54) is 10.6 Å². The molecule has 7 heteroatoms. The number of nitrogens with one attached hydrogen (secondary N) is 1. The zero-order valence-electron chi connectivity index (χ0n) is 14.7. The van der Waals surface area contributed by atoms with Crippen molar-refractivity contribution >= 4 is 38.6 Å². The predicted octanol–water partition coefficient (Wildman–Crippen LogP) is 3.99. The van der Waals surface area contributed by atoms with Crippen LogP contribution < -0.4 is 9.62 Å². The number of para-hydroxylation sites is 1. The van der Waals surface area contributed by atoms with E-state index in [-0.39, 0.29) is 5.91 Å². The summed E-state index contributed by atoms with van der Waals surface area (Å²) in [5, 5.41) is 4.99. The lowest BCUT2D eigenvalue weighted by molar-refractivity contribution is 0.102. The Morgan fingerprint density at radius 1 is 1.11 bits per heavy atom. The molecule has 138 valence electrons. The van der Waals surface area contributed by atoms with E-state index in [0.29, 0.717) is 24.2 Å². The number of nitrogens with zero attached hydrogens (tertiary/aromatic N) is 1. The first-order valence-electron chi connectivity index (χ1n) is 8.48. The van der Waals surface area contributed by atoms with Crippen LogP contribution in [0.4, 0.5) is 11.4 Å². The smallest absolute Gasteiger partial charge is 0.255 e. The minimum absolute atomic E-state index is 0.209. The van der Waals surface area contributed by atoms with Crippen molar-refractivity contribution in [2.75, 3.05) is 22.4 Å². The predicted molar refractivity (Wildman–Crippen MR) is 110 cm³/mol. The van der Waals surface area contributed by atoms with Gasteiger partial charge in [-0.25, -0.2) is 8.42 Å². The molecule has 0 aliphatic carbocycles. The number of hydrogen-bond donors (Lipinski definition) is 1. The second-order valence-corrected chi connectivity index (χ2v) is 9.26. The Bertz CT molecular complexity index is 1110. The quantitative estimate of drug-likeness (QED) is 0.723. The molecule has 0 atom stereocenters. The molecule has 0 saturated carbocycles. The fraction of sp³-hybridized carbons (Fsp3) is 0.150. The molecular weight excluding hydrogens is 380 g/mol. The van der Waals surface area contributed by atoms with E-state index in [1.807, 2.05) is 41.8 Å². The molecule has 2 aromatic carbocycles. The molecule has 1 amide bonds. The molecule has 1 N–H and O–H groups in total. The molecule has 4 rings (SSSR count). The van der Waals surface area contributed by atoms with E-state index in [0.717, 1.165) is 21.7 Å². The van der Waals surface area contributed by atoms with Gasteiger partial charge in [0.1, 0.15) is 0 Å². The van der Waals surface area contributed by atoms with Crippen molar-refractivity contribution in [1.82, 2.24) is 0 Å². The van der Waals surface area contributed by atoms with Gasteiger partial charge in [0.05, 0.1) is 11.9 Å². The molecule has 0 spiro atoms. The SMILES string of the molecule is CS(=O)(=O)N1CCc2cc(C(=O)Nc3ccccc3-c3cccs3)ccc21. The summed E-state index contributed by atoms with van der Waals surface area (Å²) in [4.78, 5) is 13.9. The number of sulfonamides is 1. The first-order valence-corrected chi connectivity index (χ1v) is 11.2. The number of thiophene rings is 1. The number of fused-ring (bicyclic) bond motifs is 1. The van der Waals surface area contributed by atoms with Crippen LogP contribution >= 0.6 is 11.3 Å². The molecule has 0 unspecified atom stereocenters. The summed E-state index contributed by atoms with van der Waals surface area (Å²) in [7, 11) is -3.29. The monoisotopic (exact) mass is 398 g/mol. The van der Waals surface area contributed by atoms with Gasteiger partial charge in [0.25, 0.3) is 5.91 Å². The van der Waals surface area contributed by atoms with Gasteiger partial charge in [0.2, 0.25) is 10.0 Å². The van der Waals surface area contributed by atoms with Gasteiger partial charge in [-0.2, -0.15) is 0 Å². The summed E-state index contributed by atoms with van der Waals surface area (Å²) in [5.74, 6) is -0.209.